The summed E-state index contributed by atoms with van der Waals surface area (Å²) in [5.74, 6) is -0.907. The first-order valence-corrected chi connectivity index (χ1v) is 4.24. The van der Waals surface area contributed by atoms with E-state index in [1.54, 1.807) is 0 Å². The number of carbonyl (C=O) groups excluding carboxylic acids is 2. The van der Waals surface area contributed by atoms with Gasteiger partial charge in [-0.1, -0.05) is 0 Å². The van der Waals surface area contributed by atoms with Gasteiger partial charge in [-0.25, -0.2) is 0 Å². The number of halogens is 3. The van der Waals surface area contributed by atoms with Crippen molar-refractivity contribution in [2.24, 2.45) is 0 Å². The average Bonchev–Trinajstić information content (AvgIpc) is 2.09. The Hall–Kier alpha value is -1.11. The largest absolute Gasteiger partial charge is 0.416 e. The van der Waals surface area contributed by atoms with Crippen molar-refractivity contribution in [1.82, 2.24) is 5.32 Å². The maximum atomic E-state index is 11.8. The number of rotatable bonds is 5. The van der Waals surface area contributed by atoms with Gasteiger partial charge in [0, 0.05) is 12.8 Å². The molecule has 0 aromatic carbocycles. The summed E-state index contributed by atoms with van der Waals surface area (Å²) in [5.41, 5.74) is 0. The molecule has 4 nitrogen and oxygen atoms in total. The molecule has 0 aromatic rings. The molecule has 0 fully saturated rings. The number of Topliss-reactive ketones (excluding diaryl/α,β-unsaturated/α-hetero) is 1. The molecule has 1 atom stereocenters. The maximum Gasteiger partial charge on any atom is 0.416 e. The Morgan fingerprint density at radius 2 is 1.87 bits per heavy atom. The van der Waals surface area contributed by atoms with Gasteiger partial charge in [0.2, 0.25) is 5.91 Å². The van der Waals surface area contributed by atoms with Crippen molar-refractivity contribution in [2.75, 3.05) is 6.54 Å². The Morgan fingerprint density at radius 3 is 2.27 bits per heavy atom. The molecule has 0 aliphatic rings. The second-order valence-electron chi connectivity index (χ2n) is 3.06. The zero-order valence-corrected chi connectivity index (χ0v) is 8.10. The molecular formula is C8H12F3NO3. The van der Waals surface area contributed by atoms with Crippen LogP contribution in [0.15, 0.2) is 0 Å². The monoisotopic (exact) mass is 227 g/mol. The van der Waals surface area contributed by atoms with Gasteiger partial charge in [-0.05, 0) is 6.92 Å². The van der Waals surface area contributed by atoms with E-state index in [9.17, 15) is 22.8 Å². The standard InChI is InChI=1S/C8H12F3NO3/c1-5(13)2-3-7(15)12-4-6(14)8(9,10)11/h6,14H,2-4H2,1H3,(H,12,15). The molecule has 0 saturated heterocycles. The van der Waals surface area contributed by atoms with Gasteiger partial charge in [-0.15, -0.1) is 0 Å². The summed E-state index contributed by atoms with van der Waals surface area (Å²) in [5, 5.41) is 10.4. The first kappa shape index (κ1) is 13.9. The van der Waals surface area contributed by atoms with Crippen LogP contribution in [0.3, 0.4) is 0 Å². The number of nitrogens with one attached hydrogen (secondary N) is 1. The Labute approximate surface area is 84.5 Å². The van der Waals surface area contributed by atoms with Gasteiger partial charge in [0.05, 0.1) is 6.54 Å². The lowest BCUT2D eigenvalue weighted by Gasteiger charge is -2.14. The minimum Gasteiger partial charge on any atom is -0.382 e. The summed E-state index contributed by atoms with van der Waals surface area (Å²) < 4.78 is 35.3. The van der Waals surface area contributed by atoms with Crippen LogP contribution < -0.4 is 5.32 Å². The third-order valence-corrected chi connectivity index (χ3v) is 1.57. The number of alkyl halides is 3. The minimum atomic E-state index is -4.74. The van der Waals surface area contributed by atoms with E-state index in [1.807, 2.05) is 5.32 Å². The predicted molar refractivity (Wildman–Crippen MR) is 45.0 cm³/mol. The van der Waals surface area contributed by atoms with E-state index in [4.69, 9.17) is 5.11 Å². The van der Waals surface area contributed by atoms with E-state index >= 15 is 0 Å². The summed E-state index contributed by atoms with van der Waals surface area (Å²) in [7, 11) is 0. The summed E-state index contributed by atoms with van der Waals surface area (Å²) in [4.78, 5) is 21.3. The molecule has 1 amide bonds. The number of hydrogen-bond acceptors (Lipinski definition) is 3. The molecule has 0 aliphatic heterocycles. The van der Waals surface area contributed by atoms with Crippen LogP contribution in [0, 0.1) is 0 Å². The van der Waals surface area contributed by atoms with Crippen LogP contribution in [0.1, 0.15) is 19.8 Å². The molecule has 0 bridgehead atoms. The fourth-order valence-electron chi connectivity index (χ4n) is 0.704. The average molecular weight is 227 g/mol. The lowest BCUT2D eigenvalue weighted by Crippen LogP contribution is -2.40. The quantitative estimate of drug-likeness (QED) is 0.714. The van der Waals surface area contributed by atoms with E-state index in [1.165, 1.54) is 6.92 Å². The van der Waals surface area contributed by atoms with Crippen LogP contribution in [0.25, 0.3) is 0 Å². The Morgan fingerprint density at radius 1 is 1.33 bits per heavy atom. The highest BCUT2D eigenvalue weighted by Crippen LogP contribution is 2.19. The number of hydrogen-bond donors (Lipinski definition) is 2. The fourth-order valence-corrected chi connectivity index (χ4v) is 0.704. The van der Waals surface area contributed by atoms with Gasteiger partial charge in [0.1, 0.15) is 5.78 Å². The maximum absolute atomic E-state index is 11.8. The van der Waals surface area contributed by atoms with Crippen LogP contribution in [0.5, 0.6) is 0 Å². The molecule has 0 saturated carbocycles. The minimum absolute atomic E-state index is 0.0199. The zero-order valence-electron chi connectivity index (χ0n) is 8.10. The number of ketones is 1. The third-order valence-electron chi connectivity index (χ3n) is 1.57. The highest BCUT2D eigenvalue weighted by molar-refractivity contribution is 5.83. The van der Waals surface area contributed by atoms with E-state index in [-0.39, 0.29) is 18.6 Å². The second kappa shape index (κ2) is 5.69. The molecule has 7 heteroatoms. The molecule has 0 heterocycles. The van der Waals surface area contributed by atoms with Crippen LogP contribution in [0.2, 0.25) is 0 Å². The molecule has 0 spiro atoms. The molecule has 0 radical (unpaired) electrons. The SMILES string of the molecule is CC(=O)CCC(=O)NCC(O)C(F)(F)F. The lowest BCUT2D eigenvalue weighted by atomic mass is 10.2. The van der Waals surface area contributed by atoms with Crippen LogP contribution in [-0.4, -0.2) is 35.6 Å². The molecule has 0 rings (SSSR count). The van der Waals surface area contributed by atoms with Crippen LogP contribution in [0.4, 0.5) is 13.2 Å². The molecular weight excluding hydrogens is 215 g/mol. The molecule has 1 unspecified atom stereocenters. The van der Waals surface area contributed by atoms with E-state index < -0.39 is 24.7 Å². The van der Waals surface area contributed by atoms with Gasteiger partial charge < -0.3 is 15.2 Å². The van der Waals surface area contributed by atoms with Gasteiger partial charge in [0.25, 0.3) is 0 Å². The van der Waals surface area contributed by atoms with Crippen molar-refractivity contribution in [3.8, 4) is 0 Å². The zero-order chi connectivity index (χ0) is 12.1. The summed E-state index contributed by atoms with van der Waals surface area (Å²) in [6.07, 6.45) is -7.50. The van der Waals surface area contributed by atoms with Crippen molar-refractivity contribution in [3.63, 3.8) is 0 Å². The first-order valence-electron chi connectivity index (χ1n) is 4.24. The van der Waals surface area contributed by atoms with Crippen molar-refractivity contribution in [1.29, 1.82) is 0 Å². The predicted octanol–water partition coefficient (Wildman–Crippen LogP) is 0.395. The number of aliphatic hydroxyl groups is 1. The van der Waals surface area contributed by atoms with Crippen molar-refractivity contribution < 1.29 is 27.9 Å². The van der Waals surface area contributed by atoms with Crippen molar-refractivity contribution >= 4 is 11.7 Å². The highest BCUT2D eigenvalue weighted by Gasteiger charge is 2.38. The van der Waals surface area contributed by atoms with Crippen LogP contribution >= 0.6 is 0 Å². The number of carbonyl (C=O) groups is 2. The number of aliphatic hydroxyl groups excluding tert-OH is 1. The third kappa shape index (κ3) is 6.89. The molecule has 15 heavy (non-hydrogen) atoms. The van der Waals surface area contributed by atoms with E-state index in [0.29, 0.717) is 0 Å². The smallest absolute Gasteiger partial charge is 0.382 e. The summed E-state index contributed by atoms with van der Waals surface area (Å²) in [6.45, 7) is 0.387. The fraction of sp³-hybridized carbons (Fsp3) is 0.750. The highest BCUT2D eigenvalue weighted by atomic mass is 19.4. The summed E-state index contributed by atoms with van der Waals surface area (Å²) in [6, 6.07) is 0. The van der Waals surface area contributed by atoms with Gasteiger partial charge >= 0.3 is 6.18 Å². The second-order valence-corrected chi connectivity index (χ2v) is 3.06. The molecule has 2 N–H and O–H groups in total. The first-order chi connectivity index (χ1) is 6.73. The molecule has 0 aliphatic carbocycles. The normalized spacial score (nSPS) is 13.4. The molecule has 88 valence electrons. The lowest BCUT2D eigenvalue weighted by molar-refractivity contribution is -0.201. The van der Waals surface area contributed by atoms with Crippen molar-refractivity contribution in [3.05, 3.63) is 0 Å². The molecule has 0 aromatic heterocycles. The van der Waals surface area contributed by atoms with Crippen molar-refractivity contribution in [2.45, 2.75) is 32.0 Å². The van der Waals surface area contributed by atoms with E-state index in [2.05, 4.69) is 0 Å². The van der Waals surface area contributed by atoms with Crippen LogP contribution in [-0.2, 0) is 9.59 Å². The Kier molecular flexibility index (Phi) is 5.27. The van der Waals surface area contributed by atoms with E-state index in [0.717, 1.165) is 0 Å². The Balaban J connectivity index is 3.76. The Bertz CT molecular complexity index is 240. The van der Waals surface area contributed by atoms with Gasteiger partial charge in [-0.3, -0.25) is 4.79 Å². The summed E-state index contributed by atoms with van der Waals surface area (Å²) >= 11 is 0. The van der Waals surface area contributed by atoms with Gasteiger partial charge in [0.15, 0.2) is 6.10 Å². The number of amides is 1. The topological polar surface area (TPSA) is 66.4 Å². The van der Waals surface area contributed by atoms with Gasteiger partial charge in [-0.2, -0.15) is 13.2 Å².